The molecule has 1 aliphatic heterocycles. The minimum Gasteiger partial charge on any atom is -0.346 e. The molecule has 3 aromatic rings. The number of rotatable bonds is 4. The van der Waals surface area contributed by atoms with Crippen LogP contribution >= 0.6 is 0 Å². The number of imide groups is 1. The average molecular weight is 364 g/mol. The SMILES string of the molecule is O=C1CCN(c2ccccc2C(=O)NCc2[nH]nc3ncccc23)C(=O)N1. The topological polar surface area (TPSA) is 120 Å². The molecule has 1 aromatic carbocycles. The standard InChI is InChI=1S/C18H16N6O3/c25-15-7-9-24(18(27)21-15)14-6-2-1-4-12(14)17(26)20-10-13-11-5-3-8-19-16(11)23-22-13/h1-6,8H,7,9-10H2,(H,20,26)(H,19,22,23)(H,21,25,27). The lowest BCUT2D eigenvalue weighted by atomic mass is 10.1. The van der Waals surface area contributed by atoms with Crippen LogP contribution in [0.1, 0.15) is 22.5 Å². The summed E-state index contributed by atoms with van der Waals surface area (Å²) in [4.78, 5) is 41.7. The number of H-pyrrole nitrogens is 1. The molecule has 9 nitrogen and oxygen atoms in total. The number of hydrogen-bond acceptors (Lipinski definition) is 5. The number of urea groups is 1. The van der Waals surface area contributed by atoms with E-state index in [0.717, 1.165) is 11.1 Å². The van der Waals surface area contributed by atoms with E-state index < -0.39 is 6.03 Å². The van der Waals surface area contributed by atoms with Crippen LogP contribution in [0.2, 0.25) is 0 Å². The van der Waals surface area contributed by atoms with E-state index in [1.54, 1.807) is 36.5 Å². The van der Waals surface area contributed by atoms with Gasteiger partial charge in [0.2, 0.25) is 5.91 Å². The Morgan fingerprint density at radius 3 is 2.89 bits per heavy atom. The van der Waals surface area contributed by atoms with Crippen molar-refractivity contribution in [2.45, 2.75) is 13.0 Å². The number of nitrogens with zero attached hydrogens (tertiary/aromatic N) is 3. The molecule has 1 aliphatic rings. The lowest BCUT2D eigenvalue weighted by Gasteiger charge is -2.28. The van der Waals surface area contributed by atoms with Gasteiger partial charge in [-0.15, -0.1) is 0 Å². The van der Waals surface area contributed by atoms with Gasteiger partial charge in [-0.2, -0.15) is 5.10 Å². The number of amides is 4. The predicted molar refractivity (Wildman–Crippen MR) is 97.0 cm³/mol. The number of para-hydroxylation sites is 1. The summed E-state index contributed by atoms with van der Waals surface area (Å²) in [6, 6.07) is 9.92. The Morgan fingerprint density at radius 1 is 1.19 bits per heavy atom. The highest BCUT2D eigenvalue weighted by Gasteiger charge is 2.27. The van der Waals surface area contributed by atoms with Crippen LogP contribution in [0.3, 0.4) is 0 Å². The summed E-state index contributed by atoms with van der Waals surface area (Å²) in [5, 5.41) is 12.9. The molecule has 1 fully saturated rings. The minimum atomic E-state index is -0.530. The maximum absolute atomic E-state index is 12.7. The van der Waals surface area contributed by atoms with Crippen molar-refractivity contribution >= 4 is 34.6 Å². The van der Waals surface area contributed by atoms with Gasteiger partial charge in [-0.05, 0) is 24.3 Å². The van der Waals surface area contributed by atoms with Gasteiger partial charge >= 0.3 is 6.03 Å². The van der Waals surface area contributed by atoms with E-state index in [1.807, 2.05) is 6.07 Å². The normalized spacial score (nSPS) is 14.3. The predicted octanol–water partition coefficient (Wildman–Crippen LogP) is 1.33. The van der Waals surface area contributed by atoms with Crippen molar-refractivity contribution in [2.24, 2.45) is 0 Å². The number of aromatic amines is 1. The maximum Gasteiger partial charge on any atom is 0.328 e. The molecule has 0 aliphatic carbocycles. The smallest absolute Gasteiger partial charge is 0.328 e. The van der Waals surface area contributed by atoms with Crippen LogP contribution in [0, 0.1) is 0 Å². The van der Waals surface area contributed by atoms with E-state index in [2.05, 4.69) is 25.8 Å². The fraction of sp³-hybridized carbons (Fsp3) is 0.167. The Morgan fingerprint density at radius 2 is 2.04 bits per heavy atom. The van der Waals surface area contributed by atoms with Gasteiger partial charge < -0.3 is 5.32 Å². The van der Waals surface area contributed by atoms with Gasteiger partial charge in [0.1, 0.15) is 0 Å². The molecule has 0 unspecified atom stereocenters. The summed E-state index contributed by atoms with van der Waals surface area (Å²) >= 11 is 0. The van der Waals surface area contributed by atoms with Gasteiger partial charge in [0.25, 0.3) is 5.91 Å². The molecule has 136 valence electrons. The van der Waals surface area contributed by atoms with Crippen LogP contribution in [0.4, 0.5) is 10.5 Å². The Kier molecular flexibility index (Phi) is 4.25. The van der Waals surface area contributed by atoms with Gasteiger partial charge in [-0.3, -0.25) is 24.9 Å². The van der Waals surface area contributed by atoms with Crippen molar-refractivity contribution in [3.63, 3.8) is 0 Å². The van der Waals surface area contributed by atoms with E-state index in [1.165, 1.54) is 4.90 Å². The number of fused-ring (bicyclic) bond motifs is 1. The molecule has 1 saturated heterocycles. The first kappa shape index (κ1) is 16.7. The Labute approximate surface area is 153 Å². The summed E-state index contributed by atoms with van der Waals surface area (Å²) in [6.45, 7) is 0.464. The van der Waals surface area contributed by atoms with Crippen LogP contribution in [-0.4, -0.2) is 39.6 Å². The third-order valence-corrected chi connectivity index (χ3v) is 4.33. The highest BCUT2D eigenvalue weighted by atomic mass is 16.2. The maximum atomic E-state index is 12.7. The van der Waals surface area contributed by atoms with E-state index in [9.17, 15) is 14.4 Å². The molecule has 9 heteroatoms. The fourth-order valence-electron chi connectivity index (χ4n) is 3.00. The van der Waals surface area contributed by atoms with E-state index in [4.69, 9.17) is 0 Å². The molecule has 3 heterocycles. The van der Waals surface area contributed by atoms with Gasteiger partial charge in [0.05, 0.1) is 23.5 Å². The molecular formula is C18H16N6O3. The third-order valence-electron chi connectivity index (χ3n) is 4.33. The fourth-order valence-corrected chi connectivity index (χ4v) is 3.00. The van der Waals surface area contributed by atoms with Gasteiger partial charge in [-0.1, -0.05) is 12.1 Å². The summed E-state index contributed by atoms with van der Waals surface area (Å²) < 4.78 is 0. The molecule has 0 radical (unpaired) electrons. The van der Waals surface area contributed by atoms with Crippen molar-refractivity contribution in [2.75, 3.05) is 11.4 Å². The molecule has 2 aromatic heterocycles. The van der Waals surface area contributed by atoms with Gasteiger partial charge in [0, 0.05) is 24.5 Å². The summed E-state index contributed by atoms with van der Waals surface area (Å²) in [6.07, 6.45) is 1.84. The second-order valence-electron chi connectivity index (χ2n) is 6.03. The van der Waals surface area contributed by atoms with Crippen LogP contribution < -0.4 is 15.5 Å². The van der Waals surface area contributed by atoms with Crippen LogP contribution in [0.25, 0.3) is 11.0 Å². The summed E-state index contributed by atoms with van der Waals surface area (Å²) in [5.74, 6) is -0.653. The molecule has 0 atom stereocenters. The molecule has 0 saturated carbocycles. The number of carbonyl (C=O) groups excluding carboxylic acids is 3. The number of anilines is 1. The van der Waals surface area contributed by atoms with Gasteiger partial charge in [0.15, 0.2) is 5.65 Å². The molecule has 27 heavy (non-hydrogen) atoms. The quantitative estimate of drug-likeness (QED) is 0.645. The summed E-state index contributed by atoms with van der Waals surface area (Å²) in [5.41, 5.74) is 2.13. The minimum absolute atomic E-state index is 0.189. The first-order valence-corrected chi connectivity index (χ1v) is 8.40. The van der Waals surface area contributed by atoms with Crippen LogP contribution in [0.5, 0.6) is 0 Å². The number of nitrogens with one attached hydrogen (secondary N) is 3. The van der Waals surface area contributed by atoms with Crippen molar-refractivity contribution < 1.29 is 14.4 Å². The zero-order valence-electron chi connectivity index (χ0n) is 14.2. The number of benzene rings is 1. The first-order chi connectivity index (χ1) is 13.1. The monoisotopic (exact) mass is 364 g/mol. The zero-order valence-corrected chi connectivity index (χ0v) is 14.2. The molecule has 0 bridgehead atoms. The van der Waals surface area contributed by atoms with Crippen molar-refractivity contribution in [3.8, 4) is 0 Å². The van der Waals surface area contributed by atoms with E-state index >= 15 is 0 Å². The lowest BCUT2D eigenvalue weighted by molar-refractivity contribution is -0.120. The molecule has 4 rings (SSSR count). The number of hydrogen-bond donors (Lipinski definition) is 3. The molecular weight excluding hydrogens is 348 g/mol. The van der Waals surface area contributed by atoms with Crippen molar-refractivity contribution in [3.05, 3.63) is 53.9 Å². The molecule has 3 N–H and O–H groups in total. The van der Waals surface area contributed by atoms with E-state index in [0.29, 0.717) is 16.9 Å². The largest absolute Gasteiger partial charge is 0.346 e. The Hall–Kier alpha value is -3.75. The second-order valence-corrected chi connectivity index (χ2v) is 6.03. The third kappa shape index (κ3) is 3.22. The lowest BCUT2D eigenvalue weighted by Crippen LogP contribution is -2.50. The molecule has 0 spiro atoms. The van der Waals surface area contributed by atoms with Crippen LogP contribution in [-0.2, 0) is 11.3 Å². The average Bonchev–Trinajstić information content (AvgIpc) is 3.09. The van der Waals surface area contributed by atoms with E-state index in [-0.39, 0.29) is 31.3 Å². The van der Waals surface area contributed by atoms with Crippen molar-refractivity contribution in [1.29, 1.82) is 0 Å². The number of carbonyl (C=O) groups is 3. The Balaban J connectivity index is 1.54. The van der Waals surface area contributed by atoms with Crippen LogP contribution in [0.15, 0.2) is 42.6 Å². The van der Waals surface area contributed by atoms with Gasteiger partial charge in [-0.25, -0.2) is 9.78 Å². The number of aromatic nitrogens is 3. The second kappa shape index (κ2) is 6.87. The first-order valence-electron chi connectivity index (χ1n) is 8.40. The van der Waals surface area contributed by atoms with Crippen molar-refractivity contribution in [1.82, 2.24) is 25.8 Å². The highest BCUT2D eigenvalue weighted by molar-refractivity contribution is 6.09. The Bertz CT molecular complexity index is 1040. The zero-order chi connectivity index (χ0) is 18.8. The molecule has 4 amide bonds. The highest BCUT2D eigenvalue weighted by Crippen LogP contribution is 2.22. The number of pyridine rings is 1. The summed E-state index contributed by atoms with van der Waals surface area (Å²) in [7, 11) is 0.